The number of aromatic nitrogens is 3. The number of nitrogens with one attached hydrogen (secondary N) is 1. The minimum atomic E-state index is -4.95. The van der Waals surface area contributed by atoms with Gasteiger partial charge >= 0.3 is 5.76 Å². The summed E-state index contributed by atoms with van der Waals surface area (Å²) in [5.74, 6) is -3.87. The molecule has 0 fully saturated rings. The highest BCUT2D eigenvalue weighted by molar-refractivity contribution is 7.93. The van der Waals surface area contributed by atoms with Gasteiger partial charge in [0, 0.05) is 18.0 Å². The van der Waals surface area contributed by atoms with Gasteiger partial charge in [-0.3, -0.25) is 4.72 Å². The number of hydrogen-bond acceptors (Lipinski definition) is 6. The fraction of sp³-hybridized carbons (Fsp3) is 0.143. The van der Waals surface area contributed by atoms with Crippen LogP contribution in [0.4, 0.5) is 24.7 Å². The molecule has 0 spiro atoms. The fourth-order valence-corrected chi connectivity index (χ4v) is 3.81. The van der Waals surface area contributed by atoms with Crippen molar-refractivity contribution in [1.29, 1.82) is 0 Å². The van der Waals surface area contributed by atoms with Gasteiger partial charge < -0.3 is 10.5 Å². The van der Waals surface area contributed by atoms with Crippen molar-refractivity contribution in [2.75, 3.05) is 10.5 Å². The van der Waals surface area contributed by atoms with Crippen LogP contribution in [0.1, 0.15) is 18.6 Å². The SMILES string of the molecule is CC(Oc1cc(-c2cnn3ccnc(N)c23)ccc1NS(=O)(=O)C(F)F)c1ccc(F)cc1. The van der Waals surface area contributed by atoms with Crippen molar-refractivity contribution in [1.82, 2.24) is 14.6 Å². The molecule has 0 saturated heterocycles. The third-order valence-corrected chi connectivity index (χ3v) is 5.86. The minimum Gasteiger partial charge on any atom is -0.484 e. The molecule has 2 aromatic carbocycles. The highest BCUT2D eigenvalue weighted by Crippen LogP contribution is 2.37. The molecule has 0 radical (unpaired) electrons. The van der Waals surface area contributed by atoms with E-state index in [-0.39, 0.29) is 17.3 Å². The van der Waals surface area contributed by atoms with Gasteiger partial charge in [-0.15, -0.1) is 0 Å². The molecule has 4 rings (SSSR count). The molecule has 0 aliphatic carbocycles. The number of nitrogens with zero attached hydrogens (tertiary/aromatic N) is 3. The van der Waals surface area contributed by atoms with E-state index < -0.39 is 27.7 Å². The maximum atomic E-state index is 13.3. The number of hydrogen-bond donors (Lipinski definition) is 2. The fourth-order valence-electron chi connectivity index (χ4n) is 3.24. The molecule has 0 bridgehead atoms. The molecule has 0 aliphatic heterocycles. The molecule has 2 aromatic heterocycles. The highest BCUT2D eigenvalue weighted by Gasteiger charge is 2.26. The van der Waals surface area contributed by atoms with E-state index in [1.807, 2.05) is 4.72 Å². The first kappa shape index (κ1) is 22.4. The van der Waals surface area contributed by atoms with E-state index >= 15 is 0 Å². The van der Waals surface area contributed by atoms with Crippen LogP contribution in [0.3, 0.4) is 0 Å². The maximum absolute atomic E-state index is 13.3. The van der Waals surface area contributed by atoms with E-state index in [0.29, 0.717) is 22.2 Å². The van der Waals surface area contributed by atoms with Crippen molar-refractivity contribution in [2.24, 2.45) is 0 Å². The molecule has 0 aliphatic rings. The number of rotatable bonds is 7. The van der Waals surface area contributed by atoms with Gasteiger partial charge in [0.1, 0.15) is 29.0 Å². The van der Waals surface area contributed by atoms with E-state index in [1.165, 1.54) is 53.2 Å². The summed E-state index contributed by atoms with van der Waals surface area (Å²) >= 11 is 0. The molecule has 172 valence electrons. The standard InChI is InChI=1S/C21H18F3N5O3S/c1-12(13-2-5-15(22)6-3-13)32-18-10-14(4-7-17(18)28-33(30,31)21(23)24)16-11-27-29-9-8-26-20(25)19(16)29/h2-12,21,28H,1H3,(H2,25,26). The molecule has 3 N–H and O–H groups in total. The first-order chi connectivity index (χ1) is 15.7. The van der Waals surface area contributed by atoms with Crippen molar-refractivity contribution >= 4 is 27.0 Å². The van der Waals surface area contributed by atoms with Gasteiger partial charge in [0.15, 0.2) is 0 Å². The number of nitrogen functional groups attached to an aromatic ring is 1. The molecule has 0 saturated carbocycles. The van der Waals surface area contributed by atoms with Crippen molar-refractivity contribution < 1.29 is 26.3 Å². The van der Waals surface area contributed by atoms with Gasteiger partial charge in [0.2, 0.25) is 0 Å². The maximum Gasteiger partial charge on any atom is 0.355 e. The first-order valence-electron chi connectivity index (χ1n) is 9.60. The zero-order valence-electron chi connectivity index (χ0n) is 17.1. The Morgan fingerprint density at radius 3 is 2.58 bits per heavy atom. The normalized spacial score (nSPS) is 12.8. The Hall–Kier alpha value is -3.80. The quantitative estimate of drug-likeness (QED) is 0.412. The molecular weight excluding hydrogens is 459 g/mol. The van der Waals surface area contributed by atoms with Crippen LogP contribution in [-0.2, 0) is 10.0 Å². The number of halogens is 3. The number of benzene rings is 2. The molecule has 1 atom stereocenters. The monoisotopic (exact) mass is 477 g/mol. The summed E-state index contributed by atoms with van der Waals surface area (Å²) in [6.07, 6.45) is 3.97. The van der Waals surface area contributed by atoms with Crippen molar-refractivity contribution in [3.05, 3.63) is 72.4 Å². The predicted molar refractivity (Wildman–Crippen MR) is 117 cm³/mol. The number of ether oxygens (including phenoxy) is 1. The number of fused-ring (bicyclic) bond motifs is 1. The number of anilines is 2. The Labute approximate surface area is 186 Å². The topological polar surface area (TPSA) is 112 Å². The average molecular weight is 477 g/mol. The van der Waals surface area contributed by atoms with Gasteiger partial charge in [-0.1, -0.05) is 18.2 Å². The van der Waals surface area contributed by atoms with Crippen LogP contribution in [0, 0.1) is 5.82 Å². The van der Waals surface area contributed by atoms with E-state index in [0.717, 1.165) is 0 Å². The third kappa shape index (κ3) is 4.55. The van der Waals surface area contributed by atoms with Crippen LogP contribution in [0.25, 0.3) is 16.6 Å². The van der Waals surface area contributed by atoms with Gasteiger partial charge in [-0.2, -0.15) is 13.9 Å². The zero-order chi connectivity index (χ0) is 23.8. The molecular formula is C21H18F3N5O3S. The van der Waals surface area contributed by atoms with Crippen molar-refractivity contribution in [2.45, 2.75) is 18.8 Å². The van der Waals surface area contributed by atoms with Crippen LogP contribution in [0.15, 0.2) is 61.1 Å². The van der Waals surface area contributed by atoms with E-state index in [4.69, 9.17) is 10.5 Å². The number of sulfonamides is 1. The lowest BCUT2D eigenvalue weighted by Gasteiger charge is -2.19. The van der Waals surface area contributed by atoms with Crippen molar-refractivity contribution in [3.63, 3.8) is 0 Å². The second-order valence-electron chi connectivity index (χ2n) is 7.09. The van der Waals surface area contributed by atoms with Crippen LogP contribution in [-0.4, -0.2) is 28.8 Å². The summed E-state index contributed by atoms with van der Waals surface area (Å²) in [5, 5.41) is 4.22. The summed E-state index contributed by atoms with van der Waals surface area (Å²) in [6.45, 7) is 1.66. The van der Waals surface area contributed by atoms with Gasteiger partial charge in [0.05, 0.1) is 11.9 Å². The Morgan fingerprint density at radius 1 is 1.15 bits per heavy atom. The summed E-state index contributed by atoms with van der Waals surface area (Å²) in [4.78, 5) is 4.05. The molecule has 0 amide bonds. The molecule has 8 nitrogen and oxygen atoms in total. The Morgan fingerprint density at radius 2 is 1.88 bits per heavy atom. The average Bonchev–Trinajstić information content (AvgIpc) is 3.21. The highest BCUT2D eigenvalue weighted by atomic mass is 32.2. The molecule has 33 heavy (non-hydrogen) atoms. The van der Waals surface area contributed by atoms with E-state index in [2.05, 4.69) is 10.1 Å². The summed E-state index contributed by atoms with van der Waals surface area (Å²) in [5.41, 5.74) is 8.01. The largest absolute Gasteiger partial charge is 0.484 e. The van der Waals surface area contributed by atoms with Gasteiger partial charge in [-0.25, -0.2) is 22.3 Å². The smallest absolute Gasteiger partial charge is 0.355 e. The Bertz CT molecular complexity index is 1410. The lowest BCUT2D eigenvalue weighted by Crippen LogP contribution is -2.21. The Balaban J connectivity index is 1.78. The summed E-state index contributed by atoms with van der Waals surface area (Å²) in [6, 6.07) is 9.81. The van der Waals surface area contributed by atoms with E-state index in [9.17, 15) is 21.6 Å². The number of nitrogens with two attached hydrogens (primary N) is 1. The van der Waals surface area contributed by atoms with Crippen LogP contribution < -0.4 is 15.2 Å². The van der Waals surface area contributed by atoms with Gasteiger partial charge in [-0.05, 0) is 42.3 Å². The second-order valence-corrected chi connectivity index (χ2v) is 8.74. The van der Waals surface area contributed by atoms with Crippen molar-refractivity contribution in [3.8, 4) is 16.9 Å². The molecule has 2 heterocycles. The first-order valence-corrected chi connectivity index (χ1v) is 11.1. The lowest BCUT2D eigenvalue weighted by molar-refractivity contribution is 0.228. The third-order valence-electron chi connectivity index (χ3n) is 4.88. The van der Waals surface area contributed by atoms with Gasteiger partial charge in [0.25, 0.3) is 10.0 Å². The molecule has 4 aromatic rings. The molecule has 12 heteroatoms. The lowest BCUT2D eigenvalue weighted by atomic mass is 10.1. The summed E-state index contributed by atoms with van der Waals surface area (Å²) < 4.78 is 72.0. The Kier molecular flexibility index (Phi) is 5.85. The minimum absolute atomic E-state index is 0.0182. The summed E-state index contributed by atoms with van der Waals surface area (Å²) in [7, 11) is -4.95. The van der Waals surface area contributed by atoms with Crippen LogP contribution >= 0.6 is 0 Å². The second kappa shape index (κ2) is 8.62. The number of alkyl halides is 2. The van der Waals surface area contributed by atoms with Crippen LogP contribution in [0.2, 0.25) is 0 Å². The predicted octanol–water partition coefficient (Wildman–Crippen LogP) is 4.22. The zero-order valence-corrected chi connectivity index (χ0v) is 17.9. The van der Waals surface area contributed by atoms with E-state index in [1.54, 1.807) is 19.3 Å². The van der Waals surface area contributed by atoms with Crippen LogP contribution in [0.5, 0.6) is 5.75 Å². The molecule has 1 unspecified atom stereocenters.